The zero-order chi connectivity index (χ0) is 14.0. The van der Waals surface area contributed by atoms with Crippen LogP contribution in [0.4, 0.5) is 5.82 Å². The number of pyridine rings is 1. The quantitative estimate of drug-likeness (QED) is 0.925. The van der Waals surface area contributed by atoms with E-state index in [1.165, 1.54) is 32.1 Å². The summed E-state index contributed by atoms with van der Waals surface area (Å²) < 4.78 is 2.25. The molecule has 3 rings (SSSR count). The van der Waals surface area contributed by atoms with Crippen LogP contribution in [0, 0.1) is 5.41 Å². The van der Waals surface area contributed by atoms with Crippen molar-refractivity contribution >= 4 is 5.82 Å². The second-order valence-corrected chi connectivity index (χ2v) is 5.90. The smallest absolute Gasteiger partial charge is 0.132 e. The molecule has 1 aliphatic rings. The van der Waals surface area contributed by atoms with Crippen LogP contribution in [-0.2, 0) is 6.54 Å². The first kappa shape index (κ1) is 13.2. The lowest BCUT2D eigenvalue weighted by Gasteiger charge is -2.28. The van der Waals surface area contributed by atoms with Crippen molar-refractivity contribution in [1.82, 2.24) is 14.5 Å². The van der Waals surface area contributed by atoms with Crippen molar-refractivity contribution in [3.05, 3.63) is 30.9 Å². The van der Waals surface area contributed by atoms with Crippen LogP contribution in [-0.4, -0.2) is 14.5 Å². The molecule has 0 spiro atoms. The van der Waals surface area contributed by atoms with Gasteiger partial charge in [-0.3, -0.25) is 0 Å². The average Bonchev–Trinajstić information content (AvgIpc) is 3.10. The fourth-order valence-corrected chi connectivity index (χ4v) is 3.41. The van der Waals surface area contributed by atoms with E-state index in [9.17, 15) is 0 Å². The van der Waals surface area contributed by atoms with Gasteiger partial charge in [-0.1, -0.05) is 19.8 Å². The zero-order valence-corrected chi connectivity index (χ0v) is 12.0. The van der Waals surface area contributed by atoms with Crippen LogP contribution in [0.1, 0.15) is 39.0 Å². The lowest BCUT2D eigenvalue weighted by Crippen LogP contribution is -2.22. The van der Waals surface area contributed by atoms with Gasteiger partial charge in [-0.2, -0.15) is 0 Å². The van der Waals surface area contributed by atoms with Crippen LogP contribution < -0.4 is 5.73 Å². The Morgan fingerprint density at radius 2 is 2.15 bits per heavy atom. The van der Waals surface area contributed by atoms with Gasteiger partial charge in [0.25, 0.3) is 0 Å². The SMILES string of the molecule is CCC1(Cn2cncc2-c2cccnc2N)CCCC1. The summed E-state index contributed by atoms with van der Waals surface area (Å²) in [5.41, 5.74) is 8.50. The molecule has 0 atom stereocenters. The molecule has 0 radical (unpaired) electrons. The predicted molar refractivity (Wildman–Crippen MR) is 81.1 cm³/mol. The fourth-order valence-electron chi connectivity index (χ4n) is 3.41. The normalized spacial score (nSPS) is 17.4. The van der Waals surface area contributed by atoms with Crippen molar-refractivity contribution in [2.24, 2.45) is 5.41 Å². The summed E-state index contributed by atoms with van der Waals surface area (Å²) in [6.45, 7) is 3.34. The number of nitrogen functional groups attached to an aromatic ring is 1. The second-order valence-electron chi connectivity index (χ2n) is 5.90. The van der Waals surface area contributed by atoms with Crippen molar-refractivity contribution in [2.45, 2.75) is 45.6 Å². The van der Waals surface area contributed by atoms with E-state index in [-0.39, 0.29) is 0 Å². The molecule has 1 aliphatic carbocycles. The molecule has 0 aliphatic heterocycles. The maximum Gasteiger partial charge on any atom is 0.132 e. The molecular formula is C16H22N4. The monoisotopic (exact) mass is 270 g/mol. The largest absolute Gasteiger partial charge is 0.383 e. The molecule has 1 fully saturated rings. The summed E-state index contributed by atoms with van der Waals surface area (Å²) in [5.74, 6) is 0.575. The van der Waals surface area contributed by atoms with E-state index in [1.54, 1.807) is 6.20 Å². The van der Waals surface area contributed by atoms with Crippen LogP contribution >= 0.6 is 0 Å². The fraction of sp³-hybridized carbons (Fsp3) is 0.500. The van der Waals surface area contributed by atoms with Gasteiger partial charge in [0.05, 0.1) is 18.2 Å². The van der Waals surface area contributed by atoms with Gasteiger partial charge in [0.2, 0.25) is 0 Å². The van der Waals surface area contributed by atoms with E-state index < -0.39 is 0 Å². The van der Waals surface area contributed by atoms with Gasteiger partial charge in [-0.25, -0.2) is 9.97 Å². The molecule has 0 amide bonds. The zero-order valence-electron chi connectivity index (χ0n) is 12.0. The van der Waals surface area contributed by atoms with Gasteiger partial charge in [-0.15, -0.1) is 0 Å². The number of hydrogen-bond donors (Lipinski definition) is 1. The Bertz CT molecular complexity index is 582. The van der Waals surface area contributed by atoms with Crippen LogP contribution in [0.5, 0.6) is 0 Å². The number of nitrogens with zero attached hydrogens (tertiary/aromatic N) is 3. The predicted octanol–water partition coefficient (Wildman–Crippen LogP) is 3.50. The third kappa shape index (κ3) is 2.30. The Morgan fingerprint density at radius 3 is 2.85 bits per heavy atom. The number of hydrogen-bond acceptors (Lipinski definition) is 3. The highest BCUT2D eigenvalue weighted by Crippen LogP contribution is 2.43. The van der Waals surface area contributed by atoms with Crippen LogP contribution in [0.15, 0.2) is 30.9 Å². The Balaban J connectivity index is 1.93. The molecular weight excluding hydrogens is 248 g/mol. The van der Waals surface area contributed by atoms with Crippen LogP contribution in [0.3, 0.4) is 0 Å². The van der Waals surface area contributed by atoms with Crippen molar-refractivity contribution < 1.29 is 0 Å². The average molecular weight is 270 g/mol. The summed E-state index contributed by atoms with van der Waals surface area (Å²) in [6.07, 6.45) is 12.1. The van der Waals surface area contributed by atoms with E-state index in [0.717, 1.165) is 17.8 Å². The van der Waals surface area contributed by atoms with Gasteiger partial charge in [0, 0.05) is 18.3 Å². The highest BCUT2D eigenvalue weighted by atomic mass is 15.1. The maximum absolute atomic E-state index is 6.00. The summed E-state index contributed by atoms with van der Waals surface area (Å²) in [5, 5.41) is 0. The highest BCUT2D eigenvalue weighted by Gasteiger charge is 2.32. The van der Waals surface area contributed by atoms with Crippen molar-refractivity contribution in [3.63, 3.8) is 0 Å². The first-order valence-corrected chi connectivity index (χ1v) is 7.45. The Morgan fingerprint density at radius 1 is 1.35 bits per heavy atom. The summed E-state index contributed by atoms with van der Waals surface area (Å²) in [7, 11) is 0. The minimum atomic E-state index is 0.437. The molecule has 2 aromatic rings. The van der Waals surface area contributed by atoms with E-state index in [4.69, 9.17) is 5.73 Å². The number of imidazole rings is 1. The van der Waals surface area contributed by atoms with Gasteiger partial charge in [0.15, 0.2) is 0 Å². The standard InChI is InChI=1S/C16H22N4/c1-2-16(7-3-4-8-16)11-20-12-18-10-14(20)13-6-5-9-19-15(13)17/h5-6,9-10,12H,2-4,7-8,11H2,1H3,(H2,17,19). The first-order valence-electron chi connectivity index (χ1n) is 7.45. The number of rotatable bonds is 4. The van der Waals surface area contributed by atoms with Crippen LogP contribution in [0.2, 0.25) is 0 Å². The third-order valence-corrected chi connectivity index (χ3v) is 4.75. The maximum atomic E-state index is 6.00. The molecule has 2 heterocycles. The minimum absolute atomic E-state index is 0.437. The summed E-state index contributed by atoms with van der Waals surface area (Å²) in [6, 6.07) is 3.94. The van der Waals surface area contributed by atoms with Crippen molar-refractivity contribution in [3.8, 4) is 11.3 Å². The van der Waals surface area contributed by atoms with Crippen molar-refractivity contribution in [2.75, 3.05) is 5.73 Å². The number of aromatic nitrogens is 3. The first-order chi connectivity index (χ1) is 9.74. The van der Waals surface area contributed by atoms with E-state index in [0.29, 0.717) is 11.2 Å². The molecule has 1 saturated carbocycles. The number of anilines is 1. The lowest BCUT2D eigenvalue weighted by molar-refractivity contribution is 0.238. The Kier molecular flexibility index (Phi) is 3.47. The van der Waals surface area contributed by atoms with E-state index >= 15 is 0 Å². The molecule has 0 bridgehead atoms. The molecule has 2 N–H and O–H groups in total. The topological polar surface area (TPSA) is 56.7 Å². The van der Waals surface area contributed by atoms with Gasteiger partial charge in [0.1, 0.15) is 5.82 Å². The second kappa shape index (κ2) is 5.27. The Hall–Kier alpha value is -1.84. The minimum Gasteiger partial charge on any atom is -0.383 e. The van der Waals surface area contributed by atoms with E-state index in [2.05, 4.69) is 21.5 Å². The molecule has 4 heteroatoms. The highest BCUT2D eigenvalue weighted by molar-refractivity contribution is 5.70. The van der Waals surface area contributed by atoms with Gasteiger partial charge < -0.3 is 10.3 Å². The molecule has 0 aromatic carbocycles. The molecule has 0 unspecified atom stereocenters. The molecule has 0 saturated heterocycles. The Labute approximate surface area is 120 Å². The lowest BCUT2D eigenvalue weighted by atomic mass is 9.83. The molecule has 20 heavy (non-hydrogen) atoms. The molecule has 106 valence electrons. The van der Waals surface area contributed by atoms with E-state index in [1.807, 2.05) is 24.7 Å². The third-order valence-electron chi connectivity index (χ3n) is 4.75. The molecule has 4 nitrogen and oxygen atoms in total. The van der Waals surface area contributed by atoms with Crippen LogP contribution in [0.25, 0.3) is 11.3 Å². The van der Waals surface area contributed by atoms with Gasteiger partial charge >= 0.3 is 0 Å². The van der Waals surface area contributed by atoms with Gasteiger partial charge in [-0.05, 0) is 36.8 Å². The summed E-state index contributed by atoms with van der Waals surface area (Å²) in [4.78, 5) is 8.51. The molecule has 2 aromatic heterocycles. The number of nitrogens with two attached hydrogens (primary N) is 1. The summed E-state index contributed by atoms with van der Waals surface area (Å²) >= 11 is 0. The van der Waals surface area contributed by atoms with Crippen molar-refractivity contribution in [1.29, 1.82) is 0 Å².